The van der Waals surface area contributed by atoms with Crippen LogP contribution < -0.4 is 45.4 Å². The maximum absolute atomic E-state index is 12.8. The molecule has 1 aliphatic heterocycles. The number of pyridine rings is 1. The second-order valence-corrected chi connectivity index (χ2v) is 8.02. The van der Waals surface area contributed by atoms with E-state index in [9.17, 15) is 14.7 Å². The molecule has 2 aromatic rings. The number of aromatic nitrogens is 1. The number of hydrogen-bond acceptors (Lipinski definition) is 5. The summed E-state index contributed by atoms with van der Waals surface area (Å²) in [4.78, 5) is 28.2. The Labute approximate surface area is 185 Å². The van der Waals surface area contributed by atoms with E-state index < -0.39 is 17.2 Å². The molecule has 1 aliphatic rings. The van der Waals surface area contributed by atoms with Crippen molar-refractivity contribution in [3.05, 3.63) is 27.2 Å². The van der Waals surface area contributed by atoms with Gasteiger partial charge in [0.1, 0.15) is 4.83 Å². The molecule has 0 aliphatic carbocycles. The SMILES string of the molecule is CC(C)n1c([O-])c(C(=O)NCCCN2CCCCC2)c(=O)c2ccsc21.[Na+]. The average Bonchev–Trinajstić information content (AvgIpc) is 3.09. The fourth-order valence-electron chi connectivity index (χ4n) is 3.55. The number of hydrogen-bond donors (Lipinski definition) is 1. The molecule has 1 fully saturated rings. The average molecular weight is 399 g/mol. The molecule has 1 saturated heterocycles. The van der Waals surface area contributed by atoms with Crippen molar-refractivity contribution in [2.45, 2.75) is 45.6 Å². The van der Waals surface area contributed by atoms with Crippen LogP contribution in [0.25, 0.3) is 10.2 Å². The van der Waals surface area contributed by atoms with Gasteiger partial charge in [-0.05, 0) is 70.1 Å². The minimum Gasteiger partial charge on any atom is -0.859 e. The van der Waals surface area contributed by atoms with Crippen LogP contribution >= 0.6 is 11.3 Å². The van der Waals surface area contributed by atoms with Crippen LogP contribution in [0.15, 0.2) is 16.2 Å². The summed E-state index contributed by atoms with van der Waals surface area (Å²) in [5.41, 5.74) is -0.723. The van der Waals surface area contributed by atoms with Crippen LogP contribution in [0.5, 0.6) is 5.88 Å². The van der Waals surface area contributed by atoms with Gasteiger partial charge in [0.2, 0.25) is 5.43 Å². The third-order valence-electron chi connectivity index (χ3n) is 4.90. The topological polar surface area (TPSA) is 77.4 Å². The van der Waals surface area contributed by atoms with Crippen molar-refractivity contribution < 1.29 is 39.5 Å². The molecule has 1 N–H and O–H groups in total. The molecular formula is C19H26N3NaO3S. The van der Waals surface area contributed by atoms with Gasteiger partial charge in [-0.2, -0.15) is 0 Å². The quantitative estimate of drug-likeness (QED) is 0.516. The van der Waals surface area contributed by atoms with Crippen molar-refractivity contribution in [2.24, 2.45) is 0 Å². The van der Waals surface area contributed by atoms with Crippen LogP contribution in [-0.4, -0.2) is 41.6 Å². The number of nitrogens with zero attached hydrogens (tertiary/aromatic N) is 2. The van der Waals surface area contributed by atoms with Gasteiger partial charge in [0.05, 0.1) is 10.9 Å². The van der Waals surface area contributed by atoms with Gasteiger partial charge in [-0.15, -0.1) is 11.3 Å². The molecule has 0 radical (unpaired) electrons. The molecule has 1 amide bonds. The maximum Gasteiger partial charge on any atom is 1.00 e. The number of rotatable bonds is 6. The monoisotopic (exact) mass is 399 g/mol. The molecule has 0 saturated carbocycles. The molecule has 2 aromatic heterocycles. The minimum atomic E-state index is -0.554. The number of fused-ring (bicyclic) bond motifs is 1. The van der Waals surface area contributed by atoms with Gasteiger partial charge >= 0.3 is 29.6 Å². The van der Waals surface area contributed by atoms with Crippen molar-refractivity contribution in [3.63, 3.8) is 0 Å². The van der Waals surface area contributed by atoms with Crippen LogP contribution in [0, 0.1) is 0 Å². The molecule has 27 heavy (non-hydrogen) atoms. The molecule has 8 heteroatoms. The molecular weight excluding hydrogens is 373 g/mol. The summed E-state index contributed by atoms with van der Waals surface area (Å²) in [6, 6.07) is 1.57. The first kappa shape index (κ1) is 22.4. The zero-order chi connectivity index (χ0) is 18.7. The first-order valence-electron chi connectivity index (χ1n) is 9.34. The Bertz CT molecular complexity index is 841. The van der Waals surface area contributed by atoms with Crippen LogP contribution in [0.3, 0.4) is 0 Å². The van der Waals surface area contributed by atoms with Crippen LogP contribution in [-0.2, 0) is 0 Å². The van der Waals surface area contributed by atoms with Crippen molar-refractivity contribution in [1.82, 2.24) is 14.8 Å². The summed E-state index contributed by atoms with van der Waals surface area (Å²) in [6.07, 6.45) is 4.59. The number of carbonyl (C=O) groups is 1. The number of amides is 1. The van der Waals surface area contributed by atoms with E-state index in [0.717, 1.165) is 26.1 Å². The zero-order valence-electron chi connectivity index (χ0n) is 16.4. The Morgan fingerprint density at radius 1 is 1.30 bits per heavy atom. The largest absolute Gasteiger partial charge is 1.00 e. The van der Waals surface area contributed by atoms with Gasteiger partial charge < -0.3 is 19.9 Å². The van der Waals surface area contributed by atoms with Crippen LogP contribution in [0.1, 0.15) is 55.9 Å². The van der Waals surface area contributed by atoms with Crippen molar-refractivity contribution in [2.75, 3.05) is 26.2 Å². The van der Waals surface area contributed by atoms with Gasteiger partial charge in [-0.25, -0.2) is 0 Å². The predicted molar refractivity (Wildman–Crippen MR) is 103 cm³/mol. The molecule has 3 rings (SSSR count). The van der Waals surface area contributed by atoms with E-state index >= 15 is 0 Å². The van der Waals surface area contributed by atoms with E-state index in [-0.39, 0.29) is 41.2 Å². The Kier molecular flexibility index (Phi) is 8.37. The molecule has 6 nitrogen and oxygen atoms in total. The summed E-state index contributed by atoms with van der Waals surface area (Å²) in [5.74, 6) is -1.05. The number of nitrogens with one attached hydrogen (secondary N) is 1. The third-order valence-corrected chi connectivity index (χ3v) is 5.81. The summed E-state index contributed by atoms with van der Waals surface area (Å²) < 4.78 is 1.55. The van der Waals surface area contributed by atoms with E-state index in [2.05, 4.69) is 10.2 Å². The zero-order valence-corrected chi connectivity index (χ0v) is 19.2. The number of piperidine rings is 1. The molecule has 0 spiro atoms. The normalized spacial score (nSPS) is 15.1. The van der Waals surface area contributed by atoms with Gasteiger partial charge in [-0.3, -0.25) is 9.59 Å². The third kappa shape index (κ3) is 4.95. The summed E-state index contributed by atoms with van der Waals surface area (Å²) in [6.45, 7) is 7.40. The van der Waals surface area contributed by atoms with Gasteiger partial charge in [0, 0.05) is 12.6 Å². The maximum atomic E-state index is 12.8. The second-order valence-electron chi connectivity index (χ2n) is 7.12. The summed E-state index contributed by atoms with van der Waals surface area (Å²) >= 11 is 1.35. The van der Waals surface area contributed by atoms with E-state index in [1.165, 1.54) is 30.6 Å². The number of likely N-dealkylation sites (tertiary alicyclic amines) is 1. The Hall–Kier alpha value is -0.860. The molecule has 0 aromatic carbocycles. The van der Waals surface area contributed by atoms with Crippen LogP contribution in [0.2, 0.25) is 0 Å². The molecule has 0 bridgehead atoms. The van der Waals surface area contributed by atoms with Gasteiger partial charge in [0.15, 0.2) is 0 Å². The Balaban J connectivity index is 0.00000261. The van der Waals surface area contributed by atoms with E-state index in [1.54, 1.807) is 16.0 Å². The Morgan fingerprint density at radius 2 is 2.00 bits per heavy atom. The number of thiophene rings is 1. The molecule has 0 atom stereocenters. The fraction of sp³-hybridized carbons (Fsp3) is 0.579. The Morgan fingerprint density at radius 3 is 2.67 bits per heavy atom. The molecule has 142 valence electrons. The first-order valence-corrected chi connectivity index (χ1v) is 10.2. The van der Waals surface area contributed by atoms with Crippen LogP contribution in [0.4, 0.5) is 0 Å². The van der Waals surface area contributed by atoms with E-state index in [4.69, 9.17) is 0 Å². The first-order chi connectivity index (χ1) is 12.5. The molecule has 3 heterocycles. The summed E-state index contributed by atoms with van der Waals surface area (Å²) in [7, 11) is 0. The van der Waals surface area contributed by atoms with Crippen molar-refractivity contribution in [3.8, 4) is 5.88 Å². The molecule has 0 unspecified atom stereocenters. The smallest absolute Gasteiger partial charge is 0.859 e. The van der Waals surface area contributed by atoms with E-state index in [1.807, 2.05) is 13.8 Å². The standard InChI is InChI=1S/C19H27N3O3S.Na/c1-13(2)22-18(25)15(16(23)14-7-12-26-19(14)22)17(24)20-8-6-11-21-9-4-3-5-10-21;/h7,12-13,25H,3-6,8-11H2,1-2H3,(H,20,24);/q;+1/p-1. The fourth-order valence-corrected chi connectivity index (χ4v) is 4.58. The van der Waals surface area contributed by atoms with Crippen molar-refractivity contribution >= 4 is 27.5 Å². The van der Waals surface area contributed by atoms with Gasteiger partial charge in [0.25, 0.3) is 5.91 Å². The van der Waals surface area contributed by atoms with Gasteiger partial charge in [-0.1, -0.05) is 6.42 Å². The van der Waals surface area contributed by atoms with Crippen molar-refractivity contribution in [1.29, 1.82) is 0 Å². The number of carbonyl (C=O) groups excluding carboxylic acids is 1. The summed E-state index contributed by atoms with van der Waals surface area (Å²) in [5, 5.41) is 17.8. The second kappa shape index (κ2) is 10.1. The van der Waals surface area contributed by atoms with E-state index in [0.29, 0.717) is 16.8 Å². The predicted octanol–water partition coefficient (Wildman–Crippen LogP) is -0.673. The minimum absolute atomic E-state index is 0.